The molecule has 5 nitrogen and oxygen atoms in total. The number of amides is 1. The summed E-state index contributed by atoms with van der Waals surface area (Å²) in [7, 11) is 1.69. The summed E-state index contributed by atoms with van der Waals surface area (Å²) in [5, 5.41) is 3.47. The lowest BCUT2D eigenvalue weighted by atomic mass is 9.82. The van der Waals surface area contributed by atoms with Gasteiger partial charge >= 0.3 is 0 Å². The molecule has 0 spiro atoms. The van der Waals surface area contributed by atoms with E-state index in [1.807, 2.05) is 12.1 Å². The van der Waals surface area contributed by atoms with E-state index in [4.69, 9.17) is 9.72 Å². The van der Waals surface area contributed by atoms with E-state index in [0.29, 0.717) is 12.0 Å². The van der Waals surface area contributed by atoms with Crippen molar-refractivity contribution in [1.29, 1.82) is 0 Å². The quantitative estimate of drug-likeness (QED) is 0.452. The molecular formula is C29H37N3O2. The smallest absolute Gasteiger partial charge is 0.243 e. The van der Waals surface area contributed by atoms with Gasteiger partial charge in [0.25, 0.3) is 0 Å². The van der Waals surface area contributed by atoms with Gasteiger partial charge in [-0.3, -0.25) is 4.79 Å². The highest BCUT2D eigenvalue weighted by Gasteiger charge is 2.35. The van der Waals surface area contributed by atoms with Gasteiger partial charge in [-0.05, 0) is 74.4 Å². The summed E-state index contributed by atoms with van der Waals surface area (Å²) in [6, 6.07) is 14.5. The topological polar surface area (TPSA) is 56.2 Å². The fraction of sp³-hybridized carbons (Fsp3) is 0.517. The molecule has 0 aliphatic heterocycles. The van der Waals surface area contributed by atoms with E-state index in [9.17, 15) is 4.79 Å². The molecule has 0 bridgehead atoms. The highest BCUT2D eigenvalue weighted by Crippen LogP contribution is 2.39. The van der Waals surface area contributed by atoms with Crippen LogP contribution in [0.2, 0.25) is 0 Å². The molecule has 1 unspecified atom stereocenters. The highest BCUT2D eigenvalue weighted by molar-refractivity contribution is 5.88. The molecule has 3 aromatic rings. The van der Waals surface area contributed by atoms with Gasteiger partial charge in [-0.25, -0.2) is 4.98 Å². The Morgan fingerprint density at radius 3 is 2.41 bits per heavy atom. The lowest BCUT2D eigenvalue weighted by Gasteiger charge is -2.34. The molecule has 1 aromatic heterocycles. The molecule has 2 saturated carbocycles. The maximum absolute atomic E-state index is 14.0. The SMILES string of the molecule is COc1ccc(-c2nc3ccccc3n2C(C(=O)NC2CCCCC2)C2CCCCC2)c(C)c1. The van der Waals surface area contributed by atoms with Crippen molar-refractivity contribution in [3.05, 3.63) is 48.0 Å². The molecule has 5 rings (SSSR count). The molecular weight excluding hydrogens is 422 g/mol. The summed E-state index contributed by atoms with van der Waals surface area (Å²) >= 11 is 0. The van der Waals surface area contributed by atoms with Gasteiger partial charge in [-0.1, -0.05) is 50.7 Å². The number of nitrogens with one attached hydrogen (secondary N) is 1. The average molecular weight is 460 g/mol. The highest BCUT2D eigenvalue weighted by atomic mass is 16.5. The van der Waals surface area contributed by atoms with Crippen LogP contribution >= 0.6 is 0 Å². The van der Waals surface area contributed by atoms with Crippen molar-refractivity contribution in [3.63, 3.8) is 0 Å². The van der Waals surface area contributed by atoms with Gasteiger partial charge in [-0.2, -0.15) is 0 Å². The van der Waals surface area contributed by atoms with Crippen molar-refractivity contribution in [2.24, 2.45) is 5.92 Å². The van der Waals surface area contributed by atoms with E-state index in [1.54, 1.807) is 7.11 Å². The van der Waals surface area contributed by atoms with Crippen LogP contribution in [0.1, 0.15) is 75.8 Å². The zero-order valence-corrected chi connectivity index (χ0v) is 20.6. The first kappa shape index (κ1) is 22.9. The summed E-state index contributed by atoms with van der Waals surface area (Å²) in [5.74, 6) is 2.22. The Labute approximate surface area is 202 Å². The van der Waals surface area contributed by atoms with E-state index >= 15 is 0 Å². The largest absolute Gasteiger partial charge is 0.497 e. The lowest BCUT2D eigenvalue weighted by Crippen LogP contribution is -2.43. The molecule has 1 amide bonds. The van der Waals surface area contributed by atoms with Crippen LogP contribution in [-0.2, 0) is 4.79 Å². The zero-order chi connectivity index (χ0) is 23.5. The molecule has 2 aliphatic carbocycles. The van der Waals surface area contributed by atoms with Crippen molar-refractivity contribution in [3.8, 4) is 17.1 Å². The van der Waals surface area contributed by atoms with Crippen LogP contribution in [0.5, 0.6) is 5.75 Å². The van der Waals surface area contributed by atoms with Crippen molar-refractivity contribution in [2.75, 3.05) is 7.11 Å². The van der Waals surface area contributed by atoms with Crippen LogP contribution in [0, 0.1) is 12.8 Å². The molecule has 2 aliphatic rings. The molecule has 0 saturated heterocycles. The van der Waals surface area contributed by atoms with Crippen molar-refractivity contribution < 1.29 is 9.53 Å². The molecule has 2 aromatic carbocycles. The number of benzene rings is 2. The normalized spacial score (nSPS) is 18.6. The fourth-order valence-electron chi connectivity index (χ4n) is 6.06. The van der Waals surface area contributed by atoms with Crippen LogP contribution in [0.4, 0.5) is 0 Å². The number of aryl methyl sites for hydroxylation is 1. The van der Waals surface area contributed by atoms with E-state index in [-0.39, 0.29) is 11.9 Å². The summed E-state index contributed by atoms with van der Waals surface area (Å²) in [6.07, 6.45) is 11.7. The molecule has 1 N–H and O–H groups in total. The molecule has 1 heterocycles. The third-order valence-corrected chi connectivity index (χ3v) is 7.86. The van der Waals surface area contributed by atoms with Gasteiger partial charge < -0.3 is 14.6 Å². The molecule has 0 radical (unpaired) electrons. The van der Waals surface area contributed by atoms with Crippen molar-refractivity contribution in [2.45, 2.75) is 83.2 Å². The standard InChI is InChI=1S/C29H37N3O2/c1-20-19-23(34-2)17-18-24(20)28-31-25-15-9-10-16-26(25)32(28)27(21-11-5-3-6-12-21)29(33)30-22-13-7-4-8-14-22/h9-10,15-19,21-22,27H,3-8,11-14H2,1-2H3,(H,30,33). The number of rotatable bonds is 6. The second kappa shape index (κ2) is 10.2. The number of carbonyl (C=O) groups is 1. The maximum Gasteiger partial charge on any atom is 0.243 e. The first-order valence-electron chi connectivity index (χ1n) is 13.1. The number of fused-ring (bicyclic) bond motifs is 1. The number of para-hydroxylation sites is 2. The van der Waals surface area contributed by atoms with E-state index in [2.05, 4.69) is 47.1 Å². The molecule has 5 heteroatoms. The van der Waals surface area contributed by atoms with E-state index < -0.39 is 0 Å². The van der Waals surface area contributed by atoms with Gasteiger partial charge in [0.05, 0.1) is 18.1 Å². The van der Waals surface area contributed by atoms with Crippen LogP contribution in [0.25, 0.3) is 22.4 Å². The number of hydrogen-bond acceptors (Lipinski definition) is 3. The minimum Gasteiger partial charge on any atom is -0.497 e. The van der Waals surface area contributed by atoms with Crippen molar-refractivity contribution in [1.82, 2.24) is 14.9 Å². The Bertz CT molecular complexity index is 1140. The Hall–Kier alpha value is -2.82. The summed E-state index contributed by atoms with van der Waals surface area (Å²) in [4.78, 5) is 19.1. The Balaban J connectivity index is 1.63. The molecule has 1 atom stereocenters. The molecule has 34 heavy (non-hydrogen) atoms. The minimum absolute atomic E-state index is 0.175. The first-order valence-corrected chi connectivity index (χ1v) is 13.1. The third kappa shape index (κ3) is 4.57. The minimum atomic E-state index is -0.244. The van der Waals surface area contributed by atoms with Gasteiger partial charge in [0.15, 0.2) is 0 Å². The Morgan fingerprint density at radius 1 is 1.00 bits per heavy atom. The average Bonchev–Trinajstić information content (AvgIpc) is 3.24. The number of nitrogens with zero attached hydrogens (tertiary/aromatic N) is 2. The number of ether oxygens (including phenoxy) is 1. The monoisotopic (exact) mass is 459 g/mol. The summed E-state index contributed by atoms with van der Waals surface area (Å²) < 4.78 is 7.71. The zero-order valence-electron chi connectivity index (χ0n) is 20.6. The molecule has 180 valence electrons. The van der Waals surface area contributed by atoms with E-state index in [0.717, 1.165) is 59.4 Å². The lowest BCUT2D eigenvalue weighted by molar-refractivity contribution is -0.127. The maximum atomic E-state index is 14.0. The van der Waals surface area contributed by atoms with E-state index in [1.165, 1.54) is 38.5 Å². The predicted molar refractivity (Wildman–Crippen MR) is 137 cm³/mol. The van der Waals surface area contributed by atoms with Crippen LogP contribution in [0.15, 0.2) is 42.5 Å². The second-order valence-corrected chi connectivity index (χ2v) is 10.2. The van der Waals surface area contributed by atoms with Gasteiger partial charge in [-0.15, -0.1) is 0 Å². The van der Waals surface area contributed by atoms with Crippen LogP contribution < -0.4 is 10.1 Å². The second-order valence-electron chi connectivity index (χ2n) is 10.2. The van der Waals surface area contributed by atoms with Gasteiger partial charge in [0.2, 0.25) is 5.91 Å². The number of carbonyl (C=O) groups excluding carboxylic acids is 1. The number of hydrogen-bond donors (Lipinski definition) is 1. The fourth-order valence-corrected chi connectivity index (χ4v) is 6.06. The Kier molecular flexibility index (Phi) is 6.89. The number of imidazole rings is 1. The van der Waals surface area contributed by atoms with Crippen LogP contribution in [-0.4, -0.2) is 28.6 Å². The number of aromatic nitrogens is 2. The summed E-state index contributed by atoms with van der Waals surface area (Å²) in [5.41, 5.74) is 4.15. The van der Waals surface area contributed by atoms with Gasteiger partial charge in [0, 0.05) is 11.6 Å². The van der Waals surface area contributed by atoms with Crippen molar-refractivity contribution >= 4 is 16.9 Å². The third-order valence-electron chi connectivity index (χ3n) is 7.86. The molecule has 2 fully saturated rings. The predicted octanol–water partition coefficient (Wildman–Crippen LogP) is 6.59. The van der Waals surface area contributed by atoms with Gasteiger partial charge in [0.1, 0.15) is 17.6 Å². The first-order chi connectivity index (χ1) is 16.7. The van der Waals surface area contributed by atoms with Crippen LogP contribution in [0.3, 0.4) is 0 Å². The number of methoxy groups -OCH3 is 1. The summed E-state index contributed by atoms with van der Waals surface area (Å²) in [6.45, 7) is 2.10. The Morgan fingerprint density at radius 2 is 1.71 bits per heavy atom.